The molecular formula is C13H24N2O3S. The summed E-state index contributed by atoms with van der Waals surface area (Å²) >= 11 is 1.83. The van der Waals surface area contributed by atoms with Gasteiger partial charge >= 0.3 is 12.0 Å². The molecule has 2 amide bonds. The highest BCUT2D eigenvalue weighted by Crippen LogP contribution is 2.27. The van der Waals surface area contributed by atoms with Crippen molar-refractivity contribution in [3.8, 4) is 0 Å². The van der Waals surface area contributed by atoms with Crippen molar-refractivity contribution >= 4 is 23.8 Å². The van der Waals surface area contributed by atoms with Gasteiger partial charge in [-0.05, 0) is 31.9 Å². The number of hydrogen-bond donors (Lipinski definition) is 3. The third-order valence-electron chi connectivity index (χ3n) is 3.50. The molecule has 0 aliphatic heterocycles. The van der Waals surface area contributed by atoms with E-state index in [9.17, 15) is 9.59 Å². The van der Waals surface area contributed by atoms with Gasteiger partial charge in [0.25, 0.3) is 0 Å². The molecule has 5 nitrogen and oxygen atoms in total. The Balaban J connectivity index is 2.34. The minimum absolute atomic E-state index is 0.179. The van der Waals surface area contributed by atoms with Crippen LogP contribution in [0.2, 0.25) is 0 Å². The van der Waals surface area contributed by atoms with Gasteiger partial charge in [-0.3, -0.25) is 0 Å². The molecule has 3 atom stereocenters. The Labute approximate surface area is 118 Å². The molecule has 0 radical (unpaired) electrons. The molecule has 0 aromatic carbocycles. The van der Waals surface area contributed by atoms with Gasteiger partial charge in [0.1, 0.15) is 6.04 Å². The average Bonchev–Trinajstić information content (AvgIpc) is 2.81. The lowest BCUT2D eigenvalue weighted by Crippen LogP contribution is -2.48. The van der Waals surface area contributed by atoms with E-state index in [1.54, 1.807) is 0 Å². The maximum absolute atomic E-state index is 11.8. The second-order valence-corrected chi connectivity index (χ2v) is 6.16. The van der Waals surface area contributed by atoms with Crippen LogP contribution in [0.1, 0.15) is 45.4 Å². The number of hydrogen-bond acceptors (Lipinski definition) is 3. The SMILES string of the molecule is CCCC[C@H](NC(=O)NC1CCC(SC)C1)C(=O)O. The molecule has 6 heteroatoms. The van der Waals surface area contributed by atoms with Gasteiger partial charge in [0, 0.05) is 11.3 Å². The molecule has 1 aliphatic rings. The van der Waals surface area contributed by atoms with Crippen molar-refractivity contribution in [3.63, 3.8) is 0 Å². The maximum atomic E-state index is 11.8. The molecule has 3 N–H and O–H groups in total. The molecule has 1 rings (SSSR count). The van der Waals surface area contributed by atoms with Crippen LogP contribution in [0.5, 0.6) is 0 Å². The van der Waals surface area contributed by atoms with Crippen molar-refractivity contribution < 1.29 is 14.7 Å². The van der Waals surface area contributed by atoms with Gasteiger partial charge in [-0.25, -0.2) is 9.59 Å². The van der Waals surface area contributed by atoms with Crippen LogP contribution >= 0.6 is 11.8 Å². The fraction of sp³-hybridized carbons (Fsp3) is 0.846. The van der Waals surface area contributed by atoms with E-state index in [4.69, 9.17) is 5.11 Å². The van der Waals surface area contributed by atoms with Gasteiger partial charge < -0.3 is 15.7 Å². The van der Waals surface area contributed by atoms with Crippen molar-refractivity contribution in [2.75, 3.05) is 6.26 Å². The quantitative estimate of drug-likeness (QED) is 0.671. The molecular weight excluding hydrogens is 264 g/mol. The lowest BCUT2D eigenvalue weighted by atomic mass is 10.1. The third kappa shape index (κ3) is 5.72. The zero-order valence-electron chi connectivity index (χ0n) is 11.6. The Morgan fingerprint density at radius 3 is 2.68 bits per heavy atom. The molecule has 2 unspecified atom stereocenters. The highest BCUT2D eigenvalue weighted by atomic mass is 32.2. The normalized spacial score (nSPS) is 23.9. The van der Waals surface area contributed by atoms with Crippen LogP contribution in [0.15, 0.2) is 0 Å². The number of aliphatic carboxylic acids is 1. The number of urea groups is 1. The van der Waals surface area contributed by atoms with Crippen LogP contribution in [0.25, 0.3) is 0 Å². The summed E-state index contributed by atoms with van der Waals surface area (Å²) in [6.07, 6.45) is 7.35. The van der Waals surface area contributed by atoms with Crippen molar-refractivity contribution in [2.45, 2.75) is 62.8 Å². The number of unbranched alkanes of at least 4 members (excludes halogenated alkanes) is 1. The highest BCUT2D eigenvalue weighted by Gasteiger charge is 2.26. The van der Waals surface area contributed by atoms with Gasteiger partial charge in [-0.2, -0.15) is 11.8 Å². The summed E-state index contributed by atoms with van der Waals surface area (Å²) in [6, 6.07) is -0.953. The van der Waals surface area contributed by atoms with E-state index in [2.05, 4.69) is 16.9 Å². The zero-order chi connectivity index (χ0) is 14.3. The summed E-state index contributed by atoms with van der Waals surface area (Å²) in [5.74, 6) is -0.961. The molecule has 1 fully saturated rings. The first-order valence-corrected chi connectivity index (χ1v) is 8.18. The summed E-state index contributed by atoms with van der Waals surface area (Å²) in [7, 11) is 0. The van der Waals surface area contributed by atoms with Crippen LogP contribution in [0, 0.1) is 0 Å². The minimum atomic E-state index is -0.961. The first kappa shape index (κ1) is 16.1. The largest absolute Gasteiger partial charge is 0.480 e. The van der Waals surface area contributed by atoms with Crippen LogP contribution in [0.3, 0.4) is 0 Å². The van der Waals surface area contributed by atoms with E-state index >= 15 is 0 Å². The van der Waals surface area contributed by atoms with E-state index in [0.717, 1.165) is 32.1 Å². The molecule has 1 aliphatic carbocycles. The van der Waals surface area contributed by atoms with E-state index in [-0.39, 0.29) is 12.1 Å². The number of rotatable bonds is 7. The Kier molecular flexibility index (Phi) is 7.05. The zero-order valence-corrected chi connectivity index (χ0v) is 12.5. The molecule has 0 bridgehead atoms. The van der Waals surface area contributed by atoms with Crippen molar-refractivity contribution in [2.24, 2.45) is 0 Å². The standard InChI is InChI=1S/C13H24N2O3S/c1-3-4-5-11(12(16)17)15-13(18)14-9-6-7-10(8-9)19-2/h9-11H,3-8H2,1-2H3,(H,16,17)(H2,14,15,18)/t9?,10?,11-/m0/s1. The first-order chi connectivity index (χ1) is 9.06. The fourth-order valence-electron chi connectivity index (χ4n) is 2.34. The second kappa shape index (κ2) is 8.30. The number of nitrogens with one attached hydrogen (secondary N) is 2. The molecule has 0 aromatic heterocycles. The predicted octanol–water partition coefficient (Wildman–Crippen LogP) is 2.21. The number of carboxylic acid groups (broad SMARTS) is 1. The number of thioether (sulfide) groups is 1. The van der Waals surface area contributed by atoms with Gasteiger partial charge in [-0.1, -0.05) is 19.8 Å². The van der Waals surface area contributed by atoms with Crippen molar-refractivity contribution in [1.29, 1.82) is 0 Å². The molecule has 0 heterocycles. The number of amides is 2. The molecule has 19 heavy (non-hydrogen) atoms. The third-order valence-corrected chi connectivity index (χ3v) is 4.60. The minimum Gasteiger partial charge on any atom is -0.480 e. The van der Waals surface area contributed by atoms with E-state index in [0.29, 0.717) is 11.7 Å². The predicted molar refractivity (Wildman–Crippen MR) is 77.6 cm³/mol. The number of carboxylic acids is 1. The summed E-state index contributed by atoms with van der Waals surface area (Å²) in [4.78, 5) is 22.8. The van der Waals surface area contributed by atoms with Gasteiger partial charge in [0.2, 0.25) is 0 Å². The van der Waals surface area contributed by atoms with Crippen molar-refractivity contribution in [3.05, 3.63) is 0 Å². The van der Waals surface area contributed by atoms with Crippen LogP contribution in [0.4, 0.5) is 4.79 Å². The van der Waals surface area contributed by atoms with Crippen LogP contribution < -0.4 is 10.6 Å². The fourth-order valence-corrected chi connectivity index (χ4v) is 3.13. The topological polar surface area (TPSA) is 78.4 Å². The Morgan fingerprint density at radius 2 is 2.16 bits per heavy atom. The van der Waals surface area contributed by atoms with E-state index in [1.165, 1.54) is 0 Å². The molecule has 0 aromatic rings. The lowest BCUT2D eigenvalue weighted by molar-refractivity contribution is -0.139. The van der Waals surface area contributed by atoms with Gasteiger partial charge in [0.15, 0.2) is 0 Å². The number of carbonyl (C=O) groups is 2. The lowest BCUT2D eigenvalue weighted by Gasteiger charge is -2.17. The van der Waals surface area contributed by atoms with Crippen molar-refractivity contribution in [1.82, 2.24) is 10.6 Å². The summed E-state index contributed by atoms with van der Waals surface area (Å²) in [5.41, 5.74) is 0. The summed E-state index contributed by atoms with van der Waals surface area (Å²) < 4.78 is 0. The number of carbonyl (C=O) groups excluding carboxylic acids is 1. The molecule has 0 saturated heterocycles. The molecule has 110 valence electrons. The summed E-state index contributed by atoms with van der Waals surface area (Å²) in [5, 5.41) is 15.1. The average molecular weight is 288 g/mol. The molecule has 1 saturated carbocycles. The smallest absolute Gasteiger partial charge is 0.326 e. The monoisotopic (exact) mass is 288 g/mol. The highest BCUT2D eigenvalue weighted by molar-refractivity contribution is 7.99. The van der Waals surface area contributed by atoms with Crippen LogP contribution in [-0.4, -0.2) is 40.7 Å². The Morgan fingerprint density at radius 1 is 1.42 bits per heavy atom. The van der Waals surface area contributed by atoms with Crippen LogP contribution in [-0.2, 0) is 4.79 Å². The Hall–Kier alpha value is -0.910. The Bertz CT molecular complexity index is 312. The van der Waals surface area contributed by atoms with E-state index in [1.807, 2.05) is 18.7 Å². The van der Waals surface area contributed by atoms with E-state index < -0.39 is 12.0 Å². The maximum Gasteiger partial charge on any atom is 0.326 e. The first-order valence-electron chi connectivity index (χ1n) is 6.89. The van der Waals surface area contributed by atoms with Gasteiger partial charge in [-0.15, -0.1) is 0 Å². The second-order valence-electron chi connectivity index (χ2n) is 5.02. The molecule has 0 spiro atoms. The summed E-state index contributed by atoms with van der Waals surface area (Å²) in [6.45, 7) is 2.00. The van der Waals surface area contributed by atoms with Gasteiger partial charge in [0.05, 0.1) is 0 Å².